The Hall–Kier alpha value is -4.28. The summed E-state index contributed by atoms with van der Waals surface area (Å²) in [6.07, 6.45) is -8.16. The van der Waals surface area contributed by atoms with Gasteiger partial charge in [-0.3, -0.25) is 0 Å². The fraction of sp³-hybridized carbons (Fsp3) is 0.212. The monoisotopic (exact) mass is 626 g/mol. The van der Waals surface area contributed by atoms with E-state index in [2.05, 4.69) is 18.6 Å². The van der Waals surface area contributed by atoms with Crippen molar-refractivity contribution in [3.05, 3.63) is 119 Å². The third-order valence-corrected chi connectivity index (χ3v) is 6.89. The molecule has 0 aromatic heterocycles. The Kier molecular flexibility index (Phi) is 9.46. The van der Waals surface area contributed by atoms with E-state index >= 15 is 4.39 Å². The fourth-order valence-electron chi connectivity index (χ4n) is 4.70. The van der Waals surface area contributed by atoms with Crippen LogP contribution in [0.4, 0.5) is 43.9 Å². The van der Waals surface area contributed by atoms with Gasteiger partial charge in [-0.25, -0.2) is 22.0 Å². The van der Waals surface area contributed by atoms with Crippen molar-refractivity contribution in [2.24, 2.45) is 0 Å². The van der Waals surface area contributed by atoms with E-state index in [4.69, 9.17) is 0 Å². The van der Waals surface area contributed by atoms with Crippen LogP contribution in [-0.4, -0.2) is 6.18 Å². The second-order valence-corrected chi connectivity index (χ2v) is 10.1. The van der Waals surface area contributed by atoms with Crippen LogP contribution in [0.5, 0.6) is 5.75 Å². The number of benzene rings is 4. The summed E-state index contributed by atoms with van der Waals surface area (Å²) in [5.74, 6) is -8.90. The molecule has 0 saturated carbocycles. The molecule has 0 amide bonds. The molecule has 1 nitrogen and oxygen atoms in total. The number of allylic oxidation sites excluding steroid dienone is 1. The SMILES string of the molecule is CCCC(C)c1ccc(-c2ccc(-c3cc(F)c(C(F)(F)Oc4cc(F)c(/C=C/C(F)(F)F)c(F)c4)c(F)c3)c(F)c2)cc1. The van der Waals surface area contributed by atoms with Gasteiger partial charge in [0, 0.05) is 29.3 Å². The van der Waals surface area contributed by atoms with Gasteiger partial charge >= 0.3 is 12.3 Å². The van der Waals surface area contributed by atoms with Crippen LogP contribution < -0.4 is 4.74 Å². The van der Waals surface area contributed by atoms with E-state index < -0.39 is 69.9 Å². The Balaban J connectivity index is 1.59. The molecule has 0 radical (unpaired) electrons. The topological polar surface area (TPSA) is 9.23 Å². The fourth-order valence-corrected chi connectivity index (χ4v) is 4.70. The third kappa shape index (κ3) is 7.43. The van der Waals surface area contributed by atoms with Crippen LogP contribution in [-0.2, 0) is 6.11 Å². The van der Waals surface area contributed by atoms with Crippen molar-refractivity contribution >= 4 is 6.08 Å². The second kappa shape index (κ2) is 12.8. The van der Waals surface area contributed by atoms with Crippen LogP contribution in [0, 0.1) is 29.1 Å². The number of ether oxygens (including phenoxy) is 1. The van der Waals surface area contributed by atoms with Crippen LogP contribution in [0.2, 0.25) is 0 Å². The van der Waals surface area contributed by atoms with Crippen molar-refractivity contribution in [2.45, 2.75) is 44.9 Å². The van der Waals surface area contributed by atoms with Crippen LogP contribution in [0.25, 0.3) is 28.3 Å². The highest BCUT2D eigenvalue weighted by Gasteiger charge is 2.41. The third-order valence-electron chi connectivity index (χ3n) is 6.89. The Labute approximate surface area is 246 Å². The molecule has 232 valence electrons. The summed E-state index contributed by atoms with van der Waals surface area (Å²) in [4.78, 5) is 0. The molecule has 0 aliphatic rings. The molecule has 0 aliphatic carbocycles. The van der Waals surface area contributed by atoms with Gasteiger partial charge in [-0.05, 0) is 58.9 Å². The molecule has 44 heavy (non-hydrogen) atoms. The van der Waals surface area contributed by atoms with Crippen molar-refractivity contribution in [2.75, 3.05) is 0 Å². The molecule has 0 N–H and O–H groups in total. The minimum atomic E-state index is -4.91. The van der Waals surface area contributed by atoms with E-state index in [1.165, 1.54) is 12.1 Å². The number of halogens is 10. The molecule has 4 aromatic carbocycles. The second-order valence-electron chi connectivity index (χ2n) is 10.1. The molecule has 1 unspecified atom stereocenters. The van der Waals surface area contributed by atoms with Crippen molar-refractivity contribution in [3.63, 3.8) is 0 Å². The number of alkyl halides is 5. The molecule has 0 bridgehead atoms. The van der Waals surface area contributed by atoms with Crippen LogP contribution >= 0.6 is 0 Å². The lowest BCUT2D eigenvalue weighted by Crippen LogP contribution is -2.25. The Morgan fingerprint density at radius 1 is 0.682 bits per heavy atom. The minimum Gasteiger partial charge on any atom is -0.429 e. The molecule has 0 aliphatic heterocycles. The smallest absolute Gasteiger partial charge is 0.429 e. The van der Waals surface area contributed by atoms with E-state index in [0.717, 1.165) is 24.5 Å². The van der Waals surface area contributed by atoms with Gasteiger partial charge in [0.25, 0.3) is 0 Å². The first-order chi connectivity index (χ1) is 20.6. The highest BCUT2D eigenvalue weighted by Crippen LogP contribution is 2.39. The number of hydrogen-bond acceptors (Lipinski definition) is 1. The summed E-state index contributed by atoms with van der Waals surface area (Å²) in [6.45, 7) is 4.18. The van der Waals surface area contributed by atoms with Crippen LogP contribution in [0.3, 0.4) is 0 Å². The van der Waals surface area contributed by atoms with Crippen LogP contribution in [0.1, 0.15) is 49.3 Å². The minimum absolute atomic E-state index is 0.0426. The predicted molar refractivity (Wildman–Crippen MR) is 146 cm³/mol. The van der Waals surface area contributed by atoms with Gasteiger partial charge in [0.2, 0.25) is 0 Å². The van der Waals surface area contributed by atoms with Gasteiger partial charge in [0.15, 0.2) is 0 Å². The largest absolute Gasteiger partial charge is 0.432 e. The van der Waals surface area contributed by atoms with Crippen molar-refractivity contribution in [3.8, 4) is 28.0 Å². The Morgan fingerprint density at radius 2 is 1.23 bits per heavy atom. The number of rotatable bonds is 9. The maximum absolute atomic E-state index is 15.1. The van der Waals surface area contributed by atoms with E-state index in [-0.39, 0.29) is 23.8 Å². The van der Waals surface area contributed by atoms with Gasteiger partial charge in [-0.15, -0.1) is 0 Å². The zero-order valence-corrected chi connectivity index (χ0v) is 23.2. The van der Waals surface area contributed by atoms with Gasteiger partial charge < -0.3 is 4.74 Å². The quantitative estimate of drug-likeness (QED) is 0.168. The average molecular weight is 627 g/mol. The summed E-state index contributed by atoms with van der Waals surface area (Å²) >= 11 is 0. The van der Waals surface area contributed by atoms with E-state index in [9.17, 15) is 39.5 Å². The molecule has 4 rings (SSSR count). The van der Waals surface area contributed by atoms with Gasteiger partial charge in [0.1, 0.15) is 40.4 Å². The molecule has 4 aromatic rings. The Morgan fingerprint density at radius 3 is 1.75 bits per heavy atom. The number of hydrogen-bond donors (Lipinski definition) is 0. The highest BCUT2D eigenvalue weighted by molar-refractivity contribution is 5.71. The molecule has 0 heterocycles. The maximum Gasteiger partial charge on any atom is 0.432 e. The van der Waals surface area contributed by atoms with Crippen molar-refractivity contribution in [1.82, 2.24) is 0 Å². The van der Waals surface area contributed by atoms with Crippen molar-refractivity contribution in [1.29, 1.82) is 0 Å². The summed E-state index contributed by atoms with van der Waals surface area (Å²) in [5, 5.41) is 0. The zero-order valence-electron chi connectivity index (χ0n) is 23.2. The van der Waals surface area contributed by atoms with Crippen LogP contribution in [0.15, 0.2) is 72.8 Å². The van der Waals surface area contributed by atoms with E-state index in [1.807, 2.05) is 24.3 Å². The first-order valence-electron chi connectivity index (χ1n) is 13.3. The lowest BCUT2D eigenvalue weighted by molar-refractivity contribution is -0.189. The average Bonchev–Trinajstić information content (AvgIpc) is 2.91. The lowest BCUT2D eigenvalue weighted by atomic mass is 9.93. The Bertz CT molecular complexity index is 1630. The molecule has 0 spiro atoms. The van der Waals surface area contributed by atoms with E-state index in [1.54, 1.807) is 0 Å². The van der Waals surface area contributed by atoms with Gasteiger partial charge in [0.05, 0.1) is 0 Å². The molecule has 11 heteroatoms. The van der Waals surface area contributed by atoms with E-state index in [0.29, 0.717) is 29.2 Å². The molecule has 0 fully saturated rings. The zero-order chi connectivity index (χ0) is 32.4. The highest BCUT2D eigenvalue weighted by atomic mass is 19.4. The summed E-state index contributed by atoms with van der Waals surface area (Å²) < 4.78 is 144. The summed E-state index contributed by atoms with van der Waals surface area (Å²) in [6, 6.07) is 12.5. The molecule has 0 saturated heterocycles. The molecular weight excluding hydrogens is 602 g/mol. The lowest BCUT2D eigenvalue weighted by Gasteiger charge is -2.20. The molecular formula is C33H24F10O. The maximum atomic E-state index is 15.1. The molecule has 1 atom stereocenters. The first kappa shape index (κ1) is 32.6. The summed E-state index contributed by atoms with van der Waals surface area (Å²) in [5.41, 5.74) is -1.57. The summed E-state index contributed by atoms with van der Waals surface area (Å²) in [7, 11) is 0. The predicted octanol–water partition coefficient (Wildman–Crippen LogP) is 11.3. The van der Waals surface area contributed by atoms with Gasteiger partial charge in [-0.2, -0.15) is 22.0 Å². The normalized spacial score (nSPS) is 13.0. The van der Waals surface area contributed by atoms with Crippen molar-refractivity contribution < 1.29 is 48.6 Å². The first-order valence-corrected chi connectivity index (χ1v) is 13.3. The standard InChI is InChI=1S/C33H24F10O/c1-3-4-18(2)19-5-7-20(8-6-19)21-9-10-24(26(34)13-21)22-14-29(37)31(30(38)15-22)33(42,43)44-23-16-27(35)25(28(36)17-23)11-12-32(39,40)41/h5-18H,3-4H2,1-2H3/b12-11+. The van der Waals surface area contributed by atoms with Gasteiger partial charge in [-0.1, -0.05) is 56.7 Å².